The van der Waals surface area contributed by atoms with Gasteiger partial charge in [0.2, 0.25) is 0 Å². The van der Waals surface area contributed by atoms with Crippen molar-refractivity contribution in [2.75, 3.05) is 17.0 Å². The number of amidine groups is 1. The van der Waals surface area contributed by atoms with Gasteiger partial charge in [0.15, 0.2) is 9.84 Å². The van der Waals surface area contributed by atoms with Crippen molar-refractivity contribution in [1.82, 2.24) is 5.01 Å². The Morgan fingerprint density at radius 2 is 1.66 bits per heavy atom. The Balaban J connectivity index is 1.60. The smallest absolute Gasteiger partial charge is 0.340 e. The summed E-state index contributed by atoms with van der Waals surface area (Å²) in [5.41, 5.74) is 11.1. The van der Waals surface area contributed by atoms with Gasteiger partial charge in [0, 0.05) is 17.4 Å². The minimum atomic E-state index is -3.53. The molecule has 5 N–H and O–H groups in total. The molecule has 0 spiro atoms. The van der Waals surface area contributed by atoms with Crippen LogP contribution in [0.15, 0.2) is 102 Å². The fourth-order valence-electron chi connectivity index (χ4n) is 3.84. The minimum Gasteiger partial charge on any atom is -0.384 e. The van der Waals surface area contributed by atoms with Gasteiger partial charge in [0.05, 0.1) is 22.8 Å². The monoisotopic (exact) mass is 531 g/mol. The van der Waals surface area contributed by atoms with Crippen LogP contribution in [0.4, 0.5) is 20.6 Å². The van der Waals surface area contributed by atoms with Gasteiger partial charge >= 0.3 is 6.03 Å². The van der Waals surface area contributed by atoms with Crippen molar-refractivity contribution in [3.05, 3.63) is 114 Å². The Bertz CT molecular complexity index is 1590. The topological polar surface area (TPSA) is 128 Å². The summed E-state index contributed by atoms with van der Waals surface area (Å²) >= 11 is 0. The van der Waals surface area contributed by atoms with E-state index in [1.165, 1.54) is 23.2 Å². The first-order chi connectivity index (χ1) is 18.1. The number of nitrogens with two attached hydrogens (primary N) is 1. The van der Waals surface area contributed by atoms with Crippen LogP contribution in [0.5, 0.6) is 0 Å². The molecule has 0 heterocycles. The fourth-order valence-corrected chi connectivity index (χ4v) is 4.75. The zero-order valence-electron chi connectivity index (χ0n) is 20.5. The van der Waals surface area contributed by atoms with E-state index in [1.807, 2.05) is 30.3 Å². The molecular weight excluding hydrogens is 505 g/mol. The van der Waals surface area contributed by atoms with E-state index >= 15 is 4.39 Å². The van der Waals surface area contributed by atoms with E-state index in [0.717, 1.165) is 11.8 Å². The predicted molar refractivity (Wildman–Crippen MR) is 147 cm³/mol. The average Bonchev–Trinajstić information content (AvgIpc) is 2.89. The standard InChI is InChI=1S/C28H26FN5O3S/c1-38(36,37)26-13-6-5-12-23(26)20-14-15-25(24(29)17-20)32-28(35)34(18-19-8-3-2-4-9-19)33-22-11-7-10-21(16-22)27(30)31/h2-17,33H,18H2,1H3,(H3,30,31)(H,32,35). The highest BCUT2D eigenvalue weighted by Gasteiger charge is 2.19. The lowest BCUT2D eigenvalue weighted by molar-refractivity contribution is 0.220. The van der Waals surface area contributed by atoms with Crippen LogP contribution < -0.4 is 16.5 Å². The van der Waals surface area contributed by atoms with Crippen LogP contribution in [-0.2, 0) is 16.4 Å². The molecule has 0 unspecified atom stereocenters. The average molecular weight is 532 g/mol. The van der Waals surface area contributed by atoms with Gasteiger partial charge < -0.3 is 11.1 Å². The third-order valence-corrected chi connectivity index (χ3v) is 6.83. The number of nitrogen functional groups attached to an aromatic ring is 1. The zero-order chi connectivity index (χ0) is 27.3. The molecule has 0 aliphatic rings. The molecule has 194 valence electrons. The van der Waals surface area contributed by atoms with Crippen molar-refractivity contribution in [2.45, 2.75) is 11.4 Å². The van der Waals surface area contributed by atoms with Crippen LogP contribution in [0.3, 0.4) is 0 Å². The second-order valence-electron chi connectivity index (χ2n) is 8.57. The second kappa shape index (κ2) is 11.1. The van der Waals surface area contributed by atoms with E-state index in [1.54, 1.807) is 48.5 Å². The summed E-state index contributed by atoms with van der Waals surface area (Å²) in [6.07, 6.45) is 1.09. The number of anilines is 2. The Morgan fingerprint density at radius 1 is 0.947 bits per heavy atom. The van der Waals surface area contributed by atoms with Gasteiger partial charge in [-0.1, -0.05) is 66.7 Å². The Morgan fingerprint density at radius 3 is 2.34 bits per heavy atom. The number of nitrogens with zero attached hydrogens (tertiary/aromatic N) is 1. The van der Waals surface area contributed by atoms with E-state index in [2.05, 4.69) is 10.7 Å². The molecule has 10 heteroatoms. The molecule has 0 saturated heterocycles. The van der Waals surface area contributed by atoms with Crippen molar-refractivity contribution in [1.29, 1.82) is 5.41 Å². The number of hydrogen-bond donors (Lipinski definition) is 4. The maximum absolute atomic E-state index is 15.1. The minimum absolute atomic E-state index is 0.0760. The molecule has 0 aromatic heterocycles. The van der Waals surface area contributed by atoms with Gasteiger partial charge in [-0.3, -0.25) is 10.8 Å². The molecule has 38 heavy (non-hydrogen) atoms. The van der Waals surface area contributed by atoms with E-state index in [4.69, 9.17) is 11.1 Å². The second-order valence-corrected chi connectivity index (χ2v) is 10.6. The predicted octanol–water partition coefficient (Wildman–Crippen LogP) is 5.24. The van der Waals surface area contributed by atoms with Crippen molar-refractivity contribution < 1.29 is 17.6 Å². The molecule has 4 aromatic rings. The SMILES string of the molecule is CS(=O)(=O)c1ccccc1-c1ccc(NC(=O)N(Cc2ccccc2)Nc2cccc(C(=N)N)c2)c(F)c1. The van der Waals surface area contributed by atoms with Gasteiger partial charge in [-0.05, 0) is 41.5 Å². The molecule has 4 aromatic carbocycles. The lowest BCUT2D eigenvalue weighted by atomic mass is 10.1. The fraction of sp³-hybridized carbons (Fsp3) is 0.0714. The summed E-state index contributed by atoms with van der Waals surface area (Å²) in [4.78, 5) is 13.4. The first-order valence-electron chi connectivity index (χ1n) is 11.5. The normalized spacial score (nSPS) is 11.0. The molecule has 0 fully saturated rings. The molecule has 0 saturated carbocycles. The summed E-state index contributed by atoms with van der Waals surface area (Å²) < 4.78 is 39.5. The van der Waals surface area contributed by atoms with Gasteiger partial charge in [0.1, 0.15) is 11.7 Å². The van der Waals surface area contributed by atoms with Crippen molar-refractivity contribution in [3.8, 4) is 11.1 Å². The summed E-state index contributed by atoms with van der Waals surface area (Å²) in [5, 5.41) is 11.5. The van der Waals surface area contributed by atoms with Crippen LogP contribution in [0.25, 0.3) is 11.1 Å². The number of sulfone groups is 1. The lowest BCUT2D eigenvalue weighted by Crippen LogP contribution is -2.39. The number of rotatable bonds is 8. The Kier molecular flexibility index (Phi) is 7.73. The van der Waals surface area contributed by atoms with Gasteiger partial charge in [-0.25, -0.2) is 22.6 Å². The summed E-state index contributed by atoms with van der Waals surface area (Å²) in [6, 6.07) is 25.8. The third-order valence-electron chi connectivity index (χ3n) is 5.67. The molecule has 4 rings (SSSR count). The summed E-state index contributed by atoms with van der Waals surface area (Å²) in [7, 11) is -3.53. The first-order valence-corrected chi connectivity index (χ1v) is 13.4. The molecule has 0 bridgehead atoms. The number of halogens is 1. The number of urea groups is 1. The molecule has 0 radical (unpaired) electrons. The highest BCUT2D eigenvalue weighted by molar-refractivity contribution is 7.90. The molecule has 8 nitrogen and oxygen atoms in total. The number of nitrogens with one attached hydrogen (secondary N) is 3. The van der Waals surface area contributed by atoms with Crippen LogP contribution in [0.2, 0.25) is 0 Å². The summed E-state index contributed by atoms with van der Waals surface area (Å²) in [5.74, 6) is -0.843. The maximum Gasteiger partial charge on any atom is 0.340 e. The van der Waals surface area contributed by atoms with E-state index in [0.29, 0.717) is 22.4 Å². The van der Waals surface area contributed by atoms with Crippen molar-refractivity contribution >= 4 is 33.1 Å². The summed E-state index contributed by atoms with van der Waals surface area (Å²) in [6.45, 7) is 0.151. The molecular formula is C28H26FN5O3S. The van der Waals surface area contributed by atoms with Crippen LogP contribution >= 0.6 is 0 Å². The number of benzene rings is 4. The number of hydrogen-bond acceptors (Lipinski definition) is 5. The molecule has 0 aliphatic heterocycles. The molecule has 2 amide bonds. The lowest BCUT2D eigenvalue weighted by Gasteiger charge is -2.25. The number of carbonyl (C=O) groups is 1. The molecule has 0 aliphatic carbocycles. The largest absolute Gasteiger partial charge is 0.384 e. The Labute approximate surface area is 220 Å². The van der Waals surface area contributed by atoms with Gasteiger partial charge in [-0.2, -0.15) is 0 Å². The quantitative estimate of drug-likeness (QED) is 0.140. The van der Waals surface area contributed by atoms with Crippen LogP contribution in [-0.4, -0.2) is 31.5 Å². The van der Waals surface area contributed by atoms with Crippen molar-refractivity contribution in [2.24, 2.45) is 5.73 Å². The maximum atomic E-state index is 15.1. The van der Waals surface area contributed by atoms with E-state index in [-0.39, 0.29) is 23.0 Å². The highest BCUT2D eigenvalue weighted by Crippen LogP contribution is 2.30. The van der Waals surface area contributed by atoms with Crippen molar-refractivity contribution in [3.63, 3.8) is 0 Å². The Hall–Kier alpha value is -4.70. The van der Waals surface area contributed by atoms with Crippen LogP contribution in [0.1, 0.15) is 11.1 Å². The number of hydrazine groups is 1. The third kappa shape index (κ3) is 6.34. The van der Waals surface area contributed by atoms with Gasteiger partial charge in [0.25, 0.3) is 0 Å². The van der Waals surface area contributed by atoms with Crippen LogP contribution in [0, 0.1) is 11.2 Å². The first kappa shape index (κ1) is 26.4. The van der Waals surface area contributed by atoms with E-state index in [9.17, 15) is 13.2 Å². The highest BCUT2D eigenvalue weighted by atomic mass is 32.2. The number of amides is 2. The van der Waals surface area contributed by atoms with E-state index < -0.39 is 21.7 Å². The zero-order valence-corrected chi connectivity index (χ0v) is 21.3. The van der Waals surface area contributed by atoms with Gasteiger partial charge in [-0.15, -0.1) is 0 Å². The number of carbonyl (C=O) groups excluding carboxylic acids is 1. The molecule has 0 atom stereocenters.